The lowest BCUT2D eigenvalue weighted by Crippen LogP contribution is -2.59. The Morgan fingerprint density at radius 3 is 1.92 bits per heavy atom. The molecule has 6 amide bonds. The molecule has 0 spiro atoms. The molecule has 1 rings (SSSR count). The van der Waals surface area contributed by atoms with Gasteiger partial charge < -0.3 is 42.7 Å². The molecule has 0 saturated heterocycles. The Kier molecular flexibility index (Phi) is 21.0. The number of nitrogens with one attached hydrogen (secondary N) is 6. The Bertz CT molecular complexity index is 1230. The molecule has 274 valence electrons. The van der Waals surface area contributed by atoms with E-state index in [2.05, 4.69) is 31.9 Å². The SMILES string of the molecule is CSCC[C@H](NC(=O)[C@H](Cc1ccc(O)cc1)NC(=O)[C@H](CCCCN)NC(C)=O)C(=O)N[C@@H](CC(C)C)C(=O)NCCCNC(=O)C=O. The number of benzene rings is 1. The lowest BCUT2D eigenvalue weighted by atomic mass is 10.0. The van der Waals surface area contributed by atoms with E-state index < -0.39 is 59.6 Å². The summed E-state index contributed by atoms with van der Waals surface area (Å²) < 4.78 is 0. The number of aromatic hydroxyl groups is 1. The van der Waals surface area contributed by atoms with E-state index in [0.717, 1.165) is 0 Å². The van der Waals surface area contributed by atoms with Crippen LogP contribution in [0.3, 0.4) is 0 Å². The molecule has 0 fully saturated rings. The Balaban J connectivity index is 3.17. The van der Waals surface area contributed by atoms with Crippen molar-refractivity contribution >= 4 is 53.5 Å². The maximum absolute atomic E-state index is 13.8. The maximum atomic E-state index is 13.8. The van der Waals surface area contributed by atoms with Crippen LogP contribution in [0.2, 0.25) is 0 Å². The van der Waals surface area contributed by atoms with Gasteiger partial charge >= 0.3 is 0 Å². The molecule has 0 aliphatic heterocycles. The second kappa shape index (κ2) is 24.0. The van der Waals surface area contributed by atoms with E-state index in [9.17, 15) is 38.7 Å². The Hall–Kier alpha value is -4.18. The average Bonchev–Trinajstić information content (AvgIpc) is 3.05. The number of nitrogens with two attached hydrogens (primary N) is 1. The van der Waals surface area contributed by atoms with Gasteiger partial charge in [0.05, 0.1) is 0 Å². The summed E-state index contributed by atoms with van der Waals surface area (Å²) in [6.07, 6.45) is 4.47. The zero-order valence-corrected chi connectivity index (χ0v) is 29.7. The standard InChI is InChI=1S/C33H53N7O8S/c1-21(2)18-27(30(45)36-16-7-15-35-29(44)20-41)39-32(47)26(13-17-49-4)38-33(48)28(19-23-9-11-24(43)12-10-23)40-31(46)25(37-22(3)42)8-5-6-14-34/h9-12,20-21,25-28,43H,5-8,13-19,34H2,1-4H3,(H,35,44)(H,36,45)(H,37,42)(H,38,48)(H,39,47)(H,40,46)/t25-,26-,27-,28-/m0/s1. The highest BCUT2D eigenvalue weighted by Crippen LogP contribution is 2.13. The van der Waals surface area contributed by atoms with Crippen molar-refractivity contribution in [3.8, 4) is 5.75 Å². The first-order valence-corrected chi connectivity index (χ1v) is 17.9. The number of thioether (sulfide) groups is 1. The number of carbonyl (C=O) groups is 7. The maximum Gasteiger partial charge on any atom is 0.284 e. The molecule has 0 bridgehead atoms. The fourth-order valence-corrected chi connectivity index (χ4v) is 5.26. The van der Waals surface area contributed by atoms with Gasteiger partial charge in [-0.1, -0.05) is 26.0 Å². The molecule has 0 radical (unpaired) electrons. The first-order valence-electron chi connectivity index (χ1n) is 16.5. The largest absolute Gasteiger partial charge is 0.508 e. The molecule has 9 N–H and O–H groups in total. The van der Waals surface area contributed by atoms with Crippen LogP contribution in [0, 0.1) is 5.92 Å². The van der Waals surface area contributed by atoms with Gasteiger partial charge in [-0.15, -0.1) is 0 Å². The first kappa shape index (κ1) is 42.8. The minimum atomic E-state index is -1.15. The summed E-state index contributed by atoms with van der Waals surface area (Å²) >= 11 is 1.47. The number of phenols is 1. The molecule has 0 heterocycles. The molecular formula is C33H53N7O8S. The quantitative estimate of drug-likeness (QED) is 0.0395. The summed E-state index contributed by atoms with van der Waals surface area (Å²) in [6.45, 7) is 5.88. The molecule has 0 unspecified atom stereocenters. The van der Waals surface area contributed by atoms with E-state index >= 15 is 0 Å². The van der Waals surface area contributed by atoms with Crippen molar-refractivity contribution in [3.63, 3.8) is 0 Å². The first-order chi connectivity index (χ1) is 23.3. The van der Waals surface area contributed by atoms with Gasteiger partial charge in [0.1, 0.15) is 29.9 Å². The number of carbonyl (C=O) groups excluding carboxylic acids is 7. The molecule has 16 heteroatoms. The van der Waals surface area contributed by atoms with Crippen LogP contribution in [0.15, 0.2) is 24.3 Å². The summed E-state index contributed by atoms with van der Waals surface area (Å²) in [5, 5.41) is 25.7. The van der Waals surface area contributed by atoms with Gasteiger partial charge in [-0.2, -0.15) is 11.8 Å². The summed E-state index contributed by atoms with van der Waals surface area (Å²) in [6, 6.07) is 2.10. The monoisotopic (exact) mass is 707 g/mol. The van der Waals surface area contributed by atoms with Gasteiger partial charge in [0.2, 0.25) is 35.8 Å². The molecule has 1 aromatic rings. The van der Waals surface area contributed by atoms with Gasteiger partial charge in [0.15, 0.2) is 0 Å². The average molecular weight is 708 g/mol. The van der Waals surface area contributed by atoms with Crippen LogP contribution in [0.5, 0.6) is 5.75 Å². The summed E-state index contributed by atoms with van der Waals surface area (Å²) in [4.78, 5) is 87.3. The van der Waals surface area contributed by atoms with E-state index in [0.29, 0.717) is 50.0 Å². The van der Waals surface area contributed by atoms with Crippen molar-refractivity contribution in [1.29, 1.82) is 0 Å². The third-order valence-electron chi connectivity index (χ3n) is 7.29. The topological polar surface area (TPSA) is 238 Å². The lowest BCUT2D eigenvalue weighted by molar-refractivity contribution is -0.134. The fraction of sp³-hybridized carbons (Fsp3) is 0.606. The smallest absolute Gasteiger partial charge is 0.284 e. The molecule has 4 atom stereocenters. The number of hydrogen-bond donors (Lipinski definition) is 8. The third kappa shape index (κ3) is 18.2. The molecule has 49 heavy (non-hydrogen) atoms. The van der Waals surface area contributed by atoms with Crippen LogP contribution in [0.25, 0.3) is 0 Å². The predicted molar refractivity (Wildman–Crippen MR) is 187 cm³/mol. The van der Waals surface area contributed by atoms with Gasteiger partial charge in [-0.3, -0.25) is 33.6 Å². The van der Waals surface area contributed by atoms with Crippen LogP contribution >= 0.6 is 11.8 Å². The fourth-order valence-electron chi connectivity index (χ4n) is 4.78. The van der Waals surface area contributed by atoms with Crippen LogP contribution in [-0.2, 0) is 40.0 Å². The van der Waals surface area contributed by atoms with E-state index in [1.807, 2.05) is 20.1 Å². The van der Waals surface area contributed by atoms with Crippen molar-refractivity contribution < 1.29 is 38.7 Å². The Labute approximate surface area is 292 Å². The van der Waals surface area contributed by atoms with E-state index in [1.165, 1.54) is 30.8 Å². The molecule has 0 aliphatic carbocycles. The van der Waals surface area contributed by atoms with Crippen LogP contribution in [0.1, 0.15) is 64.9 Å². The highest BCUT2D eigenvalue weighted by molar-refractivity contribution is 7.98. The van der Waals surface area contributed by atoms with Crippen LogP contribution in [0.4, 0.5) is 0 Å². The van der Waals surface area contributed by atoms with Gasteiger partial charge in [-0.25, -0.2) is 0 Å². The van der Waals surface area contributed by atoms with Crippen LogP contribution < -0.4 is 37.6 Å². The summed E-state index contributed by atoms with van der Waals surface area (Å²) in [5.74, 6) is -2.83. The second-order valence-corrected chi connectivity index (χ2v) is 13.0. The zero-order valence-electron chi connectivity index (χ0n) is 28.8. The van der Waals surface area contributed by atoms with Crippen molar-refractivity contribution in [2.45, 2.75) is 89.9 Å². The molecule has 0 aliphatic rings. The summed E-state index contributed by atoms with van der Waals surface area (Å²) in [5.41, 5.74) is 6.22. The van der Waals surface area contributed by atoms with E-state index in [4.69, 9.17) is 5.73 Å². The number of phenolic OH excluding ortho intramolecular Hbond substituents is 1. The molecular weight excluding hydrogens is 654 g/mol. The molecule has 15 nitrogen and oxygen atoms in total. The van der Waals surface area contributed by atoms with Crippen molar-refractivity contribution in [2.24, 2.45) is 11.7 Å². The van der Waals surface area contributed by atoms with Gasteiger partial charge in [0.25, 0.3) is 5.91 Å². The second-order valence-electron chi connectivity index (χ2n) is 12.1. The molecule has 0 aromatic heterocycles. The van der Waals surface area contributed by atoms with Crippen molar-refractivity contribution in [1.82, 2.24) is 31.9 Å². The Morgan fingerprint density at radius 2 is 1.35 bits per heavy atom. The number of rotatable bonds is 24. The number of hydrogen-bond acceptors (Lipinski definition) is 10. The van der Waals surface area contributed by atoms with E-state index in [1.54, 1.807) is 12.1 Å². The lowest BCUT2D eigenvalue weighted by Gasteiger charge is -2.27. The minimum Gasteiger partial charge on any atom is -0.508 e. The Morgan fingerprint density at radius 1 is 0.776 bits per heavy atom. The number of amides is 6. The van der Waals surface area contributed by atoms with Gasteiger partial charge in [-0.05, 0) is 80.7 Å². The normalized spacial score (nSPS) is 13.3. The van der Waals surface area contributed by atoms with Crippen molar-refractivity contribution in [2.75, 3.05) is 31.6 Å². The number of unbranched alkanes of at least 4 members (excludes halogenated alkanes) is 1. The molecule has 1 aromatic carbocycles. The highest BCUT2D eigenvalue weighted by atomic mass is 32.2. The predicted octanol–water partition coefficient (Wildman–Crippen LogP) is -0.357. The summed E-state index contributed by atoms with van der Waals surface area (Å²) in [7, 11) is 0. The van der Waals surface area contributed by atoms with Gasteiger partial charge in [0, 0.05) is 26.4 Å². The zero-order chi connectivity index (χ0) is 36.8. The van der Waals surface area contributed by atoms with Crippen LogP contribution in [-0.4, -0.2) is 103 Å². The minimum absolute atomic E-state index is 0.0238. The van der Waals surface area contributed by atoms with Crippen molar-refractivity contribution in [3.05, 3.63) is 29.8 Å². The highest BCUT2D eigenvalue weighted by Gasteiger charge is 2.31. The third-order valence-corrected chi connectivity index (χ3v) is 7.94. The van der Waals surface area contributed by atoms with E-state index in [-0.39, 0.29) is 43.9 Å². The molecule has 0 saturated carbocycles. The number of aldehydes is 1.